The summed E-state index contributed by atoms with van der Waals surface area (Å²) in [4.78, 5) is 25.1. The van der Waals surface area contributed by atoms with Gasteiger partial charge in [0.15, 0.2) is 4.92 Å². The number of hydrogen-bond donors (Lipinski definition) is 3. The van der Waals surface area contributed by atoms with Crippen LogP contribution in [0.25, 0.3) is 0 Å². The van der Waals surface area contributed by atoms with Crippen molar-refractivity contribution in [3.63, 3.8) is 0 Å². The number of carbonyl (C=O) groups is 1. The second-order valence-electron chi connectivity index (χ2n) is 3.61. The van der Waals surface area contributed by atoms with Crippen LogP contribution in [0.4, 0.5) is 11.6 Å². The third-order valence-electron chi connectivity index (χ3n) is 2.13. The van der Waals surface area contributed by atoms with Gasteiger partial charge in [0.05, 0.1) is 0 Å². The normalized spacial score (nSPS) is 10.1. The Kier molecular flexibility index (Phi) is 3.37. The van der Waals surface area contributed by atoms with Crippen LogP contribution in [-0.4, -0.2) is 35.9 Å². The van der Waals surface area contributed by atoms with Crippen LogP contribution in [0.5, 0.6) is 5.75 Å². The molecule has 0 aliphatic carbocycles. The number of nitrogens with one attached hydrogen (secondary N) is 1. The molecule has 2 aromatic rings. The summed E-state index contributed by atoms with van der Waals surface area (Å²) in [6, 6.07) is 6.05. The van der Waals surface area contributed by atoms with E-state index < -0.39 is 16.8 Å². The van der Waals surface area contributed by atoms with Gasteiger partial charge in [0.25, 0.3) is 0 Å². The van der Waals surface area contributed by atoms with Gasteiger partial charge in [-0.25, -0.2) is 0 Å². The Morgan fingerprint density at radius 1 is 1.47 bits per heavy atom. The Morgan fingerprint density at radius 3 is 2.89 bits per heavy atom. The van der Waals surface area contributed by atoms with Crippen molar-refractivity contribution in [3.05, 3.63) is 35.5 Å². The van der Waals surface area contributed by atoms with E-state index in [4.69, 9.17) is 5.21 Å². The maximum Gasteiger partial charge on any atom is 0.531 e. The SMILES string of the molecule is O=C(Cn1cnc([N+](=O)O)n1)Nc1cccc(O)c1. The Hall–Kier alpha value is -2.97. The van der Waals surface area contributed by atoms with E-state index in [0.29, 0.717) is 5.69 Å². The summed E-state index contributed by atoms with van der Waals surface area (Å²) in [7, 11) is 0. The minimum absolute atomic E-state index is 0.0307. The zero-order valence-corrected chi connectivity index (χ0v) is 9.59. The molecule has 1 amide bonds. The number of benzene rings is 1. The molecule has 0 aliphatic rings. The average molecular weight is 264 g/mol. The minimum atomic E-state index is -0.496. The zero-order chi connectivity index (χ0) is 13.8. The maximum absolute atomic E-state index is 11.6. The van der Waals surface area contributed by atoms with Gasteiger partial charge in [-0.05, 0) is 17.1 Å². The fraction of sp³-hybridized carbons (Fsp3) is 0.100. The van der Waals surface area contributed by atoms with Gasteiger partial charge in [0.1, 0.15) is 12.3 Å². The van der Waals surface area contributed by atoms with E-state index >= 15 is 0 Å². The third-order valence-corrected chi connectivity index (χ3v) is 2.13. The second-order valence-corrected chi connectivity index (χ2v) is 3.61. The molecule has 0 saturated carbocycles. The molecule has 19 heavy (non-hydrogen) atoms. The van der Waals surface area contributed by atoms with E-state index in [0.717, 1.165) is 11.0 Å². The predicted molar refractivity (Wildman–Crippen MR) is 61.8 cm³/mol. The number of rotatable bonds is 4. The van der Waals surface area contributed by atoms with Crippen LogP contribution in [0.15, 0.2) is 30.6 Å². The molecule has 1 aromatic carbocycles. The molecule has 98 valence electrons. The molecule has 2 rings (SSSR count). The van der Waals surface area contributed by atoms with Gasteiger partial charge in [-0.2, -0.15) is 4.68 Å². The summed E-state index contributed by atoms with van der Waals surface area (Å²) in [5.74, 6) is -0.842. The Bertz CT molecular complexity index is 624. The number of aromatic nitrogens is 3. The molecule has 9 nitrogen and oxygen atoms in total. The average Bonchev–Trinajstić information content (AvgIpc) is 2.77. The number of hydrogen-bond acceptors (Lipinski definition) is 5. The summed E-state index contributed by atoms with van der Waals surface area (Å²) >= 11 is 0. The van der Waals surface area contributed by atoms with Gasteiger partial charge in [0, 0.05) is 16.9 Å². The molecular formula is C10H10N5O4+. The van der Waals surface area contributed by atoms with Crippen LogP contribution < -0.4 is 5.32 Å². The number of amides is 1. The largest absolute Gasteiger partial charge is 0.531 e. The standard InChI is InChI=1S/C10H9N5O4/c16-8-3-1-2-7(4-8)12-9(17)5-14-6-11-10(13-14)15(18)19/h1-4,6H,5H2,(H2-,12,16,17,18,19)/p+1. The Morgan fingerprint density at radius 2 is 2.26 bits per heavy atom. The first-order valence-electron chi connectivity index (χ1n) is 5.19. The van der Waals surface area contributed by atoms with E-state index in [1.807, 2.05) is 0 Å². The smallest absolute Gasteiger partial charge is 0.508 e. The molecule has 0 fully saturated rings. The summed E-state index contributed by atoms with van der Waals surface area (Å²) in [5, 5.41) is 23.9. The second kappa shape index (κ2) is 5.12. The molecule has 0 spiro atoms. The highest BCUT2D eigenvalue weighted by Gasteiger charge is 2.19. The molecule has 9 heteroatoms. The molecule has 0 aliphatic heterocycles. The molecule has 0 bridgehead atoms. The highest BCUT2D eigenvalue weighted by molar-refractivity contribution is 5.90. The topological polar surface area (TPSA) is 120 Å². The summed E-state index contributed by atoms with van der Waals surface area (Å²) in [6.07, 6.45) is 1.14. The van der Waals surface area contributed by atoms with E-state index in [1.54, 1.807) is 12.1 Å². The van der Waals surface area contributed by atoms with Gasteiger partial charge in [0.2, 0.25) is 12.2 Å². The van der Waals surface area contributed by atoms with Crippen LogP contribution in [0.1, 0.15) is 0 Å². The Balaban J connectivity index is 1.99. The van der Waals surface area contributed by atoms with Crippen molar-refractivity contribution in [2.45, 2.75) is 6.54 Å². The molecular weight excluding hydrogens is 254 g/mol. The summed E-state index contributed by atoms with van der Waals surface area (Å²) in [6.45, 7) is -0.184. The van der Waals surface area contributed by atoms with Gasteiger partial charge < -0.3 is 15.6 Å². The highest BCUT2D eigenvalue weighted by Crippen LogP contribution is 2.15. The molecule has 1 heterocycles. The molecule has 0 saturated heterocycles. The molecule has 3 N–H and O–H groups in total. The third kappa shape index (κ3) is 3.25. The van der Waals surface area contributed by atoms with Crippen molar-refractivity contribution in [2.24, 2.45) is 0 Å². The number of nitrogens with zero attached hydrogens (tertiary/aromatic N) is 4. The van der Waals surface area contributed by atoms with E-state index in [1.165, 1.54) is 12.1 Å². The highest BCUT2D eigenvalue weighted by atomic mass is 16.6. The maximum atomic E-state index is 11.6. The molecule has 0 radical (unpaired) electrons. The molecule has 0 unspecified atom stereocenters. The van der Waals surface area contributed by atoms with Crippen molar-refractivity contribution in [3.8, 4) is 5.75 Å². The van der Waals surface area contributed by atoms with Crippen molar-refractivity contribution >= 4 is 17.5 Å². The molecule has 0 atom stereocenters. The van der Waals surface area contributed by atoms with Gasteiger partial charge >= 0.3 is 5.95 Å². The lowest BCUT2D eigenvalue weighted by atomic mass is 10.3. The Labute approximate surface area is 106 Å². The van der Waals surface area contributed by atoms with Crippen molar-refractivity contribution in [2.75, 3.05) is 5.32 Å². The number of phenols is 1. The van der Waals surface area contributed by atoms with E-state index in [9.17, 15) is 14.8 Å². The minimum Gasteiger partial charge on any atom is -0.508 e. The lowest BCUT2D eigenvalue weighted by Gasteiger charge is -2.03. The number of aromatic hydroxyl groups is 1. The van der Waals surface area contributed by atoms with E-state index in [2.05, 4.69) is 15.4 Å². The first-order chi connectivity index (χ1) is 9.04. The van der Waals surface area contributed by atoms with Crippen molar-refractivity contribution in [1.82, 2.24) is 14.8 Å². The zero-order valence-electron chi connectivity index (χ0n) is 9.59. The van der Waals surface area contributed by atoms with Gasteiger partial charge in [-0.1, -0.05) is 11.0 Å². The summed E-state index contributed by atoms with van der Waals surface area (Å²) < 4.78 is 1.09. The van der Waals surface area contributed by atoms with Crippen molar-refractivity contribution in [1.29, 1.82) is 0 Å². The first kappa shape index (κ1) is 12.5. The van der Waals surface area contributed by atoms with Gasteiger partial charge in [-0.3, -0.25) is 4.79 Å². The first-order valence-corrected chi connectivity index (χ1v) is 5.19. The van der Waals surface area contributed by atoms with E-state index in [-0.39, 0.29) is 12.3 Å². The quantitative estimate of drug-likeness (QED) is 0.688. The lowest BCUT2D eigenvalue weighted by Crippen LogP contribution is -2.19. The predicted octanol–water partition coefficient (Wildman–Crippen LogP) is 0.422. The van der Waals surface area contributed by atoms with Crippen LogP contribution in [0, 0.1) is 4.91 Å². The van der Waals surface area contributed by atoms with Gasteiger partial charge in [-0.15, -0.1) is 0 Å². The van der Waals surface area contributed by atoms with Crippen LogP contribution in [0.2, 0.25) is 0 Å². The van der Waals surface area contributed by atoms with Crippen LogP contribution in [-0.2, 0) is 11.3 Å². The van der Waals surface area contributed by atoms with Crippen LogP contribution >= 0.6 is 0 Å². The molecule has 1 aromatic heterocycles. The number of carbonyl (C=O) groups excluding carboxylic acids is 1. The number of anilines is 1. The fourth-order valence-corrected chi connectivity index (χ4v) is 1.38. The fourth-order valence-electron chi connectivity index (χ4n) is 1.38. The monoisotopic (exact) mass is 264 g/mol. The van der Waals surface area contributed by atoms with Crippen LogP contribution in [0.3, 0.4) is 0 Å². The summed E-state index contributed by atoms with van der Waals surface area (Å²) in [5.41, 5.74) is 0.429. The lowest BCUT2D eigenvalue weighted by molar-refractivity contribution is -0.734. The van der Waals surface area contributed by atoms with Crippen molar-refractivity contribution < 1.29 is 20.0 Å². The number of phenolic OH excluding ortho intramolecular Hbond substituents is 1.